The van der Waals surface area contributed by atoms with Gasteiger partial charge in [-0.05, 0) is 48.8 Å². The summed E-state index contributed by atoms with van der Waals surface area (Å²) in [5.74, 6) is 0.770. The number of aryl methyl sites for hydroxylation is 1. The molecule has 0 bridgehead atoms. The molecule has 1 aliphatic heterocycles. The van der Waals surface area contributed by atoms with E-state index in [1.807, 2.05) is 12.1 Å². The van der Waals surface area contributed by atoms with Crippen LogP contribution in [0.1, 0.15) is 23.4 Å². The minimum absolute atomic E-state index is 0.0138. The van der Waals surface area contributed by atoms with Gasteiger partial charge in [-0.15, -0.1) is 0 Å². The molecule has 4 heteroatoms. The average molecular weight is 323 g/mol. The highest BCUT2D eigenvalue weighted by molar-refractivity contribution is 6.31. The van der Waals surface area contributed by atoms with Crippen molar-refractivity contribution in [2.24, 2.45) is 0 Å². The lowest BCUT2D eigenvalue weighted by molar-refractivity contribution is 0.725. The van der Waals surface area contributed by atoms with Gasteiger partial charge in [0.1, 0.15) is 5.82 Å². The molecule has 2 heterocycles. The molecule has 0 fully saturated rings. The third-order valence-corrected chi connectivity index (χ3v) is 4.43. The van der Waals surface area contributed by atoms with Crippen LogP contribution in [-0.2, 0) is 6.54 Å². The maximum absolute atomic E-state index is 12.7. The summed E-state index contributed by atoms with van der Waals surface area (Å²) in [4.78, 5) is 17.4. The minimum Gasteiger partial charge on any atom is -0.292 e. The highest BCUT2D eigenvalue weighted by Crippen LogP contribution is 2.28. The zero-order chi connectivity index (χ0) is 16.0. The maximum atomic E-state index is 12.7. The topological polar surface area (TPSA) is 34.9 Å². The van der Waals surface area contributed by atoms with Crippen molar-refractivity contribution in [3.05, 3.63) is 74.8 Å². The summed E-state index contributed by atoms with van der Waals surface area (Å²) in [6, 6.07) is 13.6. The molecule has 0 atom stereocenters. The Labute approximate surface area is 138 Å². The fourth-order valence-corrected chi connectivity index (χ4v) is 3.26. The van der Waals surface area contributed by atoms with Crippen molar-refractivity contribution in [2.45, 2.75) is 19.9 Å². The minimum atomic E-state index is -0.0138. The zero-order valence-corrected chi connectivity index (χ0v) is 13.5. The van der Waals surface area contributed by atoms with Crippen LogP contribution in [0.25, 0.3) is 22.6 Å². The molecule has 4 rings (SSSR count). The van der Waals surface area contributed by atoms with Gasteiger partial charge in [0, 0.05) is 11.6 Å². The highest BCUT2D eigenvalue weighted by Gasteiger charge is 2.20. The number of hydrogen-bond donors (Lipinski definition) is 0. The number of nitrogens with zero attached hydrogens (tertiary/aromatic N) is 2. The summed E-state index contributed by atoms with van der Waals surface area (Å²) in [5.41, 5.74) is 4.14. The first-order chi connectivity index (χ1) is 11.1. The number of aromatic nitrogens is 2. The van der Waals surface area contributed by atoms with Crippen molar-refractivity contribution >= 4 is 34.2 Å². The van der Waals surface area contributed by atoms with Gasteiger partial charge in [0.25, 0.3) is 5.56 Å². The van der Waals surface area contributed by atoms with Crippen molar-refractivity contribution < 1.29 is 0 Å². The van der Waals surface area contributed by atoms with Crippen LogP contribution in [0.4, 0.5) is 0 Å². The van der Waals surface area contributed by atoms with Gasteiger partial charge in [-0.2, -0.15) is 0 Å². The lowest BCUT2D eigenvalue weighted by atomic mass is 10.1. The Hall–Kier alpha value is -2.39. The molecule has 0 amide bonds. The van der Waals surface area contributed by atoms with E-state index in [-0.39, 0.29) is 5.56 Å². The van der Waals surface area contributed by atoms with Gasteiger partial charge in [0.15, 0.2) is 0 Å². The lowest BCUT2D eigenvalue weighted by Crippen LogP contribution is -2.20. The monoisotopic (exact) mass is 322 g/mol. The standard InChI is InChI=1S/C19H15ClN2O/c1-12-3-2-4-13(9-12)10-14-7-8-22-18(14)21-17-6-5-15(20)11-16(17)19(22)23/h2-6,9-11H,7-8H2,1H3/b14-10-. The quantitative estimate of drug-likeness (QED) is 0.669. The smallest absolute Gasteiger partial charge is 0.261 e. The predicted molar refractivity (Wildman–Crippen MR) is 94.7 cm³/mol. The van der Waals surface area contributed by atoms with Gasteiger partial charge < -0.3 is 0 Å². The largest absolute Gasteiger partial charge is 0.292 e. The number of rotatable bonds is 1. The fourth-order valence-electron chi connectivity index (χ4n) is 3.09. The fraction of sp³-hybridized carbons (Fsp3) is 0.158. The molecule has 114 valence electrons. The Kier molecular flexibility index (Phi) is 3.31. The zero-order valence-electron chi connectivity index (χ0n) is 12.7. The van der Waals surface area contributed by atoms with E-state index in [1.165, 1.54) is 5.56 Å². The Bertz CT molecular complexity index is 1020. The highest BCUT2D eigenvalue weighted by atomic mass is 35.5. The molecule has 0 saturated carbocycles. The van der Waals surface area contributed by atoms with E-state index in [4.69, 9.17) is 16.6 Å². The van der Waals surface area contributed by atoms with Gasteiger partial charge in [-0.1, -0.05) is 41.4 Å². The third kappa shape index (κ3) is 2.47. The van der Waals surface area contributed by atoms with Crippen molar-refractivity contribution in [1.29, 1.82) is 0 Å². The molecule has 1 aromatic heterocycles. The maximum Gasteiger partial charge on any atom is 0.261 e. The van der Waals surface area contributed by atoms with E-state index in [1.54, 1.807) is 16.7 Å². The average Bonchev–Trinajstić information content (AvgIpc) is 2.92. The number of benzene rings is 2. The second-order valence-electron chi connectivity index (χ2n) is 5.89. The second-order valence-corrected chi connectivity index (χ2v) is 6.32. The van der Waals surface area contributed by atoms with Crippen LogP contribution in [0.2, 0.25) is 5.02 Å². The van der Waals surface area contributed by atoms with Gasteiger partial charge >= 0.3 is 0 Å². The summed E-state index contributed by atoms with van der Waals surface area (Å²) in [6.07, 6.45) is 2.94. The first-order valence-corrected chi connectivity index (χ1v) is 7.97. The molecule has 3 nitrogen and oxygen atoms in total. The van der Waals surface area contributed by atoms with Gasteiger partial charge in [-0.25, -0.2) is 4.98 Å². The molecule has 0 N–H and O–H groups in total. The Morgan fingerprint density at radius 2 is 2.09 bits per heavy atom. The van der Waals surface area contributed by atoms with Crippen molar-refractivity contribution in [3.8, 4) is 0 Å². The molecule has 0 aliphatic carbocycles. The van der Waals surface area contributed by atoms with Crippen LogP contribution in [-0.4, -0.2) is 9.55 Å². The summed E-state index contributed by atoms with van der Waals surface area (Å²) < 4.78 is 1.75. The van der Waals surface area contributed by atoms with Gasteiger partial charge in [0.2, 0.25) is 0 Å². The summed E-state index contributed by atoms with van der Waals surface area (Å²) >= 11 is 6.01. The second kappa shape index (κ2) is 5.36. The van der Waals surface area contributed by atoms with Crippen LogP contribution in [0.5, 0.6) is 0 Å². The first kappa shape index (κ1) is 14.2. The summed E-state index contributed by atoms with van der Waals surface area (Å²) in [6.45, 7) is 2.74. The number of hydrogen-bond acceptors (Lipinski definition) is 2. The number of fused-ring (bicyclic) bond motifs is 2. The Morgan fingerprint density at radius 1 is 1.22 bits per heavy atom. The van der Waals surface area contributed by atoms with Crippen LogP contribution in [0.15, 0.2) is 47.3 Å². The Morgan fingerprint density at radius 3 is 2.91 bits per heavy atom. The lowest BCUT2D eigenvalue weighted by Gasteiger charge is -2.06. The molecule has 0 spiro atoms. The number of halogens is 1. The van der Waals surface area contributed by atoms with E-state index in [0.717, 1.165) is 23.4 Å². The normalized spacial score (nSPS) is 15.3. The van der Waals surface area contributed by atoms with Crippen LogP contribution < -0.4 is 5.56 Å². The molecule has 2 aromatic carbocycles. The van der Waals surface area contributed by atoms with Crippen LogP contribution in [0, 0.1) is 6.92 Å². The van der Waals surface area contributed by atoms with E-state index in [9.17, 15) is 4.79 Å². The van der Waals surface area contributed by atoms with Crippen molar-refractivity contribution in [3.63, 3.8) is 0 Å². The number of allylic oxidation sites excluding steroid dienone is 1. The molecular weight excluding hydrogens is 308 g/mol. The van der Waals surface area contributed by atoms with E-state index in [2.05, 4.69) is 31.2 Å². The first-order valence-electron chi connectivity index (χ1n) is 7.59. The van der Waals surface area contributed by atoms with E-state index >= 15 is 0 Å². The van der Waals surface area contributed by atoms with Crippen molar-refractivity contribution in [2.75, 3.05) is 0 Å². The third-order valence-electron chi connectivity index (χ3n) is 4.19. The van der Waals surface area contributed by atoms with E-state index in [0.29, 0.717) is 22.5 Å². The molecular formula is C19H15ClN2O. The van der Waals surface area contributed by atoms with E-state index < -0.39 is 0 Å². The molecule has 23 heavy (non-hydrogen) atoms. The van der Waals surface area contributed by atoms with Gasteiger partial charge in [-0.3, -0.25) is 9.36 Å². The molecule has 1 aliphatic rings. The molecule has 0 radical (unpaired) electrons. The SMILES string of the molecule is Cc1cccc(/C=C2/CCn3c2nc2ccc(Cl)cc2c3=O)c1. The van der Waals surface area contributed by atoms with Crippen LogP contribution >= 0.6 is 11.6 Å². The summed E-state index contributed by atoms with van der Waals surface area (Å²) in [7, 11) is 0. The predicted octanol–water partition coefficient (Wildman–Crippen LogP) is 4.30. The Balaban J connectivity index is 1.90. The molecule has 0 saturated heterocycles. The van der Waals surface area contributed by atoms with Crippen molar-refractivity contribution in [1.82, 2.24) is 9.55 Å². The molecule has 3 aromatic rings. The molecule has 0 unspecified atom stereocenters. The summed E-state index contributed by atoms with van der Waals surface area (Å²) in [5, 5.41) is 1.14. The van der Waals surface area contributed by atoms with Gasteiger partial charge in [0.05, 0.1) is 10.9 Å². The van der Waals surface area contributed by atoms with Crippen LogP contribution in [0.3, 0.4) is 0 Å².